The van der Waals surface area contributed by atoms with Gasteiger partial charge in [-0.3, -0.25) is 4.79 Å². The van der Waals surface area contributed by atoms with Crippen molar-refractivity contribution >= 4 is 40.6 Å². The molecule has 2 heterocycles. The molecule has 7 nitrogen and oxygen atoms in total. The predicted octanol–water partition coefficient (Wildman–Crippen LogP) is 2.74. The van der Waals surface area contributed by atoms with Gasteiger partial charge in [0.15, 0.2) is 11.2 Å². The monoisotopic (exact) mass is 343 g/mol. The van der Waals surface area contributed by atoms with Crippen LogP contribution in [0.3, 0.4) is 0 Å². The van der Waals surface area contributed by atoms with Crippen LogP contribution < -0.4 is 5.32 Å². The summed E-state index contributed by atoms with van der Waals surface area (Å²) < 4.78 is 10.2. The maximum absolute atomic E-state index is 12.1. The third kappa shape index (κ3) is 3.54. The number of ether oxygens (including phenoxy) is 1. The molecule has 1 aromatic carbocycles. The van der Waals surface area contributed by atoms with E-state index in [4.69, 9.17) is 9.15 Å². The predicted molar refractivity (Wildman–Crippen MR) is 88.9 cm³/mol. The third-order valence-corrected chi connectivity index (χ3v) is 3.91. The van der Waals surface area contributed by atoms with Gasteiger partial charge >= 0.3 is 5.97 Å². The van der Waals surface area contributed by atoms with Gasteiger partial charge in [0, 0.05) is 6.20 Å². The van der Waals surface area contributed by atoms with Crippen LogP contribution >= 0.6 is 11.8 Å². The first-order valence-electron chi connectivity index (χ1n) is 6.99. The van der Waals surface area contributed by atoms with Gasteiger partial charge in [0.1, 0.15) is 0 Å². The van der Waals surface area contributed by atoms with Crippen molar-refractivity contribution in [2.75, 3.05) is 18.2 Å². The van der Waals surface area contributed by atoms with Gasteiger partial charge in [-0.15, -0.1) is 0 Å². The quantitative estimate of drug-likeness (QED) is 0.562. The van der Waals surface area contributed by atoms with Gasteiger partial charge in [0.2, 0.25) is 5.91 Å². The zero-order valence-corrected chi connectivity index (χ0v) is 13.5. The smallest absolute Gasteiger partial charge is 0.339 e. The number of nitrogens with zero attached hydrogens (tertiary/aromatic N) is 2. The van der Waals surface area contributed by atoms with Crippen LogP contribution in [-0.2, 0) is 9.53 Å². The lowest BCUT2D eigenvalue weighted by Gasteiger charge is -2.08. The van der Waals surface area contributed by atoms with Crippen LogP contribution in [0.25, 0.3) is 11.2 Å². The standard InChI is InChI=1S/C16H13N3O4S/c1-22-15(21)10-5-2-3-6-11(10)18-13(20)9-24-16-19-14-12(23-16)7-4-8-17-14/h2-8H,9H2,1H3,(H,18,20). The third-order valence-electron chi connectivity index (χ3n) is 3.08. The molecule has 1 N–H and O–H groups in total. The molecule has 0 bridgehead atoms. The van der Waals surface area contributed by atoms with Crippen LogP contribution in [-0.4, -0.2) is 34.7 Å². The van der Waals surface area contributed by atoms with Gasteiger partial charge in [-0.1, -0.05) is 23.9 Å². The van der Waals surface area contributed by atoms with Crippen LogP contribution in [0.4, 0.5) is 5.69 Å². The Morgan fingerprint density at radius 3 is 2.88 bits per heavy atom. The maximum atomic E-state index is 12.1. The van der Waals surface area contributed by atoms with E-state index in [2.05, 4.69) is 15.3 Å². The number of para-hydroxylation sites is 1. The Labute approximate surface area is 141 Å². The lowest BCUT2D eigenvalue weighted by Crippen LogP contribution is -2.17. The summed E-state index contributed by atoms with van der Waals surface area (Å²) in [7, 11) is 1.29. The average molecular weight is 343 g/mol. The number of thioether (sulfide) groups is 1. The fourth-order valence-corrected chi connectivity index (χ4v) is 2.63. The highest BCUT2D eigenvalue weighted by Crippen LogP contribution is 2.22. The number of rotatable bonds is 5. The second-order valence-corrected chi connectivity index (χ2v) is 5.61. The van der Waals surface area contributed by atoms with Crippen molar-refractivity contribution in [1.29, 1.82) is 0 Å². The Morgan fingerprint density at radius 1 is 1.25 bits per heavy atom. The summed E-state index contributed by atoms with van der Waals surface area (Å²) in [4.78, 5) is 32.0. The van der Waals surface area contributed by atoms with Gasteiger partial charge in [0.25, 0.3) is 5.22 Å². The number of esters is 1. The minimum atomic E-state index is -0.511. The summed E-state index contributed by atoms with van der Waals surface area (Å²) in [5.41, 5.74) is 1.76. The largest absolute Gasteiger partial charge is 0.465 e. The van der Waals surface area contributed by atoms with Crippen molar-refractivity contribution in [3.8, 4) is 0 Å². The number of carbonyl (C=O) groups is 2. The number of hydrogen-bond acceptors (Lipinski definition) is 7. The number of amides is 1. The molecule has 0 aliphatic rings. The fourth-order valence-electron chi connectivity index (χ4n) is 2.00. The Hall–Kier alpha value is -2.87. The van der Waals surface area contributed by atoms with Crippen molar-refractivity contribution in [2.45, 2.75) is 5.22 Å². The molecule has 0 spiro atoms. The van der Waals surface area contributed by atoms with E-state index in [-0.39, 0.29) is 11.7 Å². The number of aromatic nitrogens is 2. The van der Waals surface area contributed by atoms with E-state index in [1.165, 1.54) is 7.11 Å². The zero-order chi connectivity index (χ0) is 16.9. The number of oxazole rings is 1. The van der Waals surface area contributed by atoms with E-state index in [1.54, 1.807) is 42.6 Å². The number of benzene rings is 1. The Bertz CT molecular complexity index is 861. The normalized spacial score (nSPS) is 10.5. The number of anilines is 1. The van der Waals surface area contributed by atoms with Crippen molar-refractivity contribution in [2.24, 2.45) is 0 Å². The zero-order valence-electron chi connectivity index (χ0n) is 12.7. The van der Waals surface area contributed by atoms with Crippen LogP contribution in [0, 0.1) is 0 Å². The number of methoxy groups -OCH3 is 1. The first-order valence-corrected chi connectivity index (χ1v) is 7.97. The molecular formula is C16H13N3O4S. The molecule has 3 rings (SSSR count). The molecule has 0 aliphatic carbocycles. The molecule has 0 atom stereocenters. The number of pyridine rings is 1. The highest BCUT2D eigenvalue weighted by Gasteiger charge is 2.14. The van der Waals surface area contributed by atoms with Crippen LogP contribution in [0.2, 0.25) is 0 Å². The Balaban J connectivity index is 1.65. The molecule has 8 heteroatoms. The maximum Gasteiger partial charge on any atom is 0.339 e. The van der Waals surface area contributed by atoms with Gasteiger partial charge in [0.05, 0.1) is 24.1 Å². The molecule has 122 valence electrons. The van der Waals surface area contributed by atoms with Crippen LogP contribution in [0.15, 0.2) is 52.2 Å². The average Bonchev–Trinajstić information content (AvgIpc) is 3.03. The summed E-state index contributed by atoms with van der Waals surface area (Å²) in [6.07, 6.45) is 1.62. The minimum Gasteiger partial charge on any atom is -0.465 e. The second-order valence-electron chi connectivity index (χ2n) is 4.68. The van der Waals surface area contributed by atoms with Crippen molar-refractivity contribution in [3.05, 3.63) is 48.2 Å². The Kier molecular flexibility index (Phi) is 4.76. The lowest BCUT2D eigenvalue weighted by molar-refractivity contribution is -0.113. The summed E-state index contributed by atoms with van der Waals surface area (Å²) in [6, 6.07) is 10.1. The molecular weight excluding hydrogens is 330 g/mol. The molecule has 24 heavy (non-hydrogen) atoms. The molecule has 0 unspecified atom stereocenters. The topological polar surface area (TPSA) is 94.3 Å². The number of fused-ring (bicyclic) bond motifs is 1. The fraction of sp³-hybridized carbons (Fsp3) is 0.125. The summed E-state index contributed by atoms with van der Waals surface area (Å²) >= 11 is 1.15. The summed E-state index contributed by atoms with van der Waals surface area (Å²) in [5.74, 6) is -0.711. The van der Waals surface area contributed by atoms with Crippen LogP contribution in [0.5, 0.6) is 0 Å². The molecule has 3 aromatic rings. The molecule has 0 saturated carbocycles. The highest BCUT2D eigenvalue weighted by molar-refractivity contribution is 7.99. The van der Waals surface area contributed by atoms with Gasteiger partial charge < -0.3 is 14.5 Å². The van der Waals surface area contributed by atoms with E-state index >= 15 is 0 Å². The number of nitrogens with one attached hydrogen (secondary N) is 1. The van der Waals surface area contributed by atoms with Crippen molar-refractivity contribution in [3.63, 3.8) is 0 Å². The Morgan fingerprint density at radius 2 is 2.08 bits per heavy atom. The van der Waals surface area contributed by atoms with E-state index in [1.807, 2.05) is 0 Å². The first-order chi connectivity index (χ1) is 11.7. The molecule has 0 saturated heterocycles. The van der Waals surface area contributed by atoms with Crippen LogP contribution in [0.1, 0.15) is 10.4 Å². The molecule has 0 fully saturated rings. The number of hydrogen-bond donors (Lipinski definition) is 1. The SMILES string of the molecule is COC(=O)c1ccccc1NC(=O)CSc1nc2ncccc2o1. The van der Waals surface area contributed by atoms with Crippen molar-refractivity contribution in [1.82, 2.24) is 9.97 Å². The van der Waals surface area contributed by atoms with Gasteiger partial charge in [-0.2, -0.15) is 4.98 Å². The van der Waals surface area contributed by atoms with E-state index in [0.717, 1.165) is 11.8 Å². The van der Waals surface area contributed by atoms with E-state index in [0.29, 0.717) is 27.7 Å². The second kappa shape index (κ2) is 7.14. The minimum absolute atomic E-state index is 0.0856. The van der Waals surface area contributed by atoms with Gasteiger partial charge in [-0.25, -0.2) is 9.78 Å². The molecule has 2 aromatic heterocycles. The van der Waals surface area contributed by atoms with E-state index < -0.39 is 5.97 Å². The van der Waals surface area contributed by atoms with E-state index in [9.17, 15) is 9.59 Å². The van der Waals surface area contributed by atoms with Crippen molar-refractivity contribution < 1.29 is 18.7 Å². The highest BCUT2D eigenvalue weighted by atomic mass is 32.2. The van der Waals surface area contributed by atoms with Gasteiger partial charge in [-0.05, 0) is 24.3 Å². The summed E-state index contributed by atoms with van der Waals surface area (Å²) in [6.45, 7) is 0. The number of carbonyl (C=O) groups excluding carboxylic acids is 2. The lowest BCUT2D eigenvalue weighted by atomic mass is 10.2. The summed E-state index contributed by atoms with van der Waals surface area (Å²) in [5, 5.41) is 3.05. The first kappa shape index (κ1) is 16.0. The molecule has 0 aliphatic heterocycles. The molecule has 1 amide bonds. The molecule has 0 radical (unpaired) electrons.